The van der Waals surface area contributed by atoms with Crippen molar-refractivity contribution in [2.75, 3.05) is 6.54 Å². The maximum Gasteiger partial charge on any atom is 0.162 e. The largest absolute Gasteiger partial charge is 0.469 e. The first-order chi connectivity index (χ1) is 9.20. The first kappa shape index (κ1) is 13.7. The third-order valence-corrected chi connectivity index (χ3v) is 3.02. The fraction of sp³-hybridized carbons (Fsp3) is 0.333. The summed E-state index contributed by atoms with van der Waals surface area (Å²) < 4.78 is 32.1. The van der Waals surface area contributed by atoms with Gasteiger partial charge in [0.2, 0.25) is 0 Å². The molecule has 0 fully saturated rings. The summed E-state index contributed by atoms with van der Waals surface area (Å²) in [5, 5.41) is 3.27. The van der Waals surface area contributed by atoms with E-state index in [4.69, 9.17) is 4.42 Å². The predicted molar refractivity (Wildman–Crippen MR) is 69.9 cm³/mol. The summed E-state index contributed by atoms with van der Waals surface area (Å²) in [6.07, 6.45) is 2.69. The van der Waals surface area contributed by atoms with Gasteiger partial charge >= 0.3 is 0 Å². The topological polar surface area (TPSA) is 25.2 Å². The van der Waals surface area contributed by atoms with Gasteiger partial charge in [-0.15, -0.1) is 0 Å². The highest BCUT2D eigenvalue weighted by molar-refractivity contribution is 5.20. The molecule has 102 valence electrons. The molecule has 4 heteroatoms. The monoisotopic (exact) mass is 265 g/mol. The van der Waals surface area contributed by atoms with Crippen molar-refractivity contribution in [2.45, 2.75) is 25.8 Å². The molecular weight excluding hydrogens is 248 g/mol. The minimum atomic E-state index is -0.800. The number of furan rings is 1. The van der Waals surface area contributed by atoms with E-state index < -0.39 is 11.6 Å². The van der Waals surface area contributed by atoms with Crippen LogP contribution >= 0.6 is 0 Å². The van der Waals surface area contributed by atoms with E-state index in [0.29, 0.717) is 18.4 Å². The summed E-state index contributed by atoms with van der Waals surface area (Å²) in [6, 6.07) is 8.00. The van der Waals surface area contributed by atoms with Gasteiger partial charge in [-0.25, -0.2) is 8.78 Å². The summed E-state index contributed by atoms with van der Waals surface area (Å²) >= 11 is 0. The molecule has 1 unspecified atom stereocenters. The standard InChI is InChI=1S/C15H17F2NO/c1-2-18-12(10-13-6-4-8-19-13)9-11-5-3-7-14(16)15(11)17/h3-8,12,18H,2,9-10H2,1H3. The lowest BCUT2D eigenvalue weighted by Crippen LogP contribution is -2.33. The van der Waals surface area contributed by atoms with Gasteiger partial charge in [0.05, 0.1) is 6.26 Å². The Hall–Kier alpha value is -1.68. The highest BCUT2D eigenvalue weighted by atomic mass is 19.2. The lowest BCUT2D eigenvalue weighted by atomic mass is 10.0. The lowest BCUT2D eigenvalue weighted by molar-refractivity contribution is 0.434. The highest BCUT2D eigenvalue weighted by Gasteiger charge is 2.15. The van der Waals surface area contributed by atoms with E-state index in [-0.39, 0.29) is 6.04 Å². The Bertz CT molecular complexity index is 511. The molecule has 1 atom stereocenters. The SMILES string of the molecule is CCNC(Cc1ccco1)Cc1cccc(F)c1F. The van der Waals surface area contributed by atoms with Crippen LogP contribution in [-0.2, 0) is 12.8 Å². The maximum atomic E-state index is 13.7. The van der Waals surface area contributed by atoms with Crippen LogP contribution in [0.4, 0.5) is 8.78 Å². The van der Waals surface area contributed by atoms with Crippen molar-refractivity contribution in [3.8, 4) is 0 Å². The van der Waals surface area contributed by atoms with Crippen LogP contribution in [-0.4, -0.2) is 12.6 Å². The van der Waals surface area contributed by atoms with Gasteiger partial charge in [0, 0.05) is 12.5 Å². The number of hydrogen-bond acceptors (Lipinski definition) is 2. The van der Waals surface area contributed by atoms with Gasteiger partial charge in [-0.3, -0.25) is 0 Å². The first-order valence-electron chi connectivity index (χ1n) is 6.39. The van der Waals surface area contributed by atoms with Crippen molar-refractivity contribution >= 4 is 0 Å². The molecule has 1 aromatic heterocycles. The molecule has 2 nitrogen and oxygen atoms in total. The lowest BCUT2D eigenvalue weighted by Gasteiger charge is -2.17. The van der Waals surface area contributed by atoms with E-state index in [0.717, 1.165) is 18.4 Å². The number of nitrogens with one attached hydrogen (secondary N) is 1. The Morgan fingerprint density at radius 1 is 1.16 bits per heavy atom. The maximum absolute atomic E-state index is 13.7. The molecule has 2 rings (SSSR count). The molecule has 1 N–H and O–H groups in total. The van der Waals surface area contributed by atoms with Crippen molar-refractivity contribution < 1.29 is 13.2 Å². The number of rotatable bonds is 6. The number of halogens is 2. The number of likely N-dealkylation sites (N-methyl/N-ethyl adjacent to an activating group) is 1. The normalized spacial score (nSPS) is 12.6. The van der Waals surface area contributed by atoms with Crippen LogP contribution in [0.3, 0.4) is 0 Å². The van der Waals surface area contributed by atoms with Crippen molar-refractivity contribution in [1.82, 2.24) is 5.32 Å². The minimum absolute atomic E-state index is 0.0208. The molecule has 1 aromatic carbocycles. The summed E-state index contributed by atoms with van der Waals surface area (Å²) in [5.41, 5.74) is 0.387. The van der Waals surface area contributed by atoms with Gasteiger partial charge in [0.1, 0.15) is 5.76 Å². The zero-order valence-electron chi connectivity index (χ0n) is 10.8. The molecule has 0 bridgehead atoms. The Labute approximate surface area is 111 Å². The molecule has 0 aliphatic rings. The first-order valence-corrected chi connectivity index (χ1v) is 6.39. The number of hydrogen-bond donors (Lipinski definition) is 1. The second-order valence-electron chi connectivity index (χ2n) is 4.46. The summed E-state index contributed by atoms with van der Waals surface area (Å²) in [5.74, 6) is -0.724. The second-order valence-corrected chi connectivity index (χ2v) is 4.46. The quantitative estimate of drug-likeness (QED) is 0.866. The molecule has 2 aromatic rings. The van der Waals surface area contributed by atoms with Crippen LogP contribution in [0.2, 0.25) is 0 Å². The van der Waals surface area contributed by atoms with E-state index in [1.165, 1.54) is 6.07 Å². The summed E-state index contributed by atoms with van der Waals surface area (Å²) in [4.78, 5) is 0. The molecule has 0 spiro atoms. The molecule has 1 heterocycles. The van der Waals surface area contributed by atoms with Crippen LogP contribution in [0.1, 0.15) is 18.2 Å². The second kappa shape index (κ2) is 6.48. The van der Waals surface area contributed by atoms with Gasteiger partial charge in [-0.1, -0.05) is 19.1 Å². The van der Waals surface area contributed by atoms with E-state index >= 15 is 0 Å². The molecule has 0 radical (unpaired) electrons. The zero-order chi connectivity index (χ0) is 13.7. The molecule has 0 aliphatic carbocycles. The molecule has 0 saturated carbocycles. The molecule has 0 amide bonds. The molecule has 19 heavy (non-hydrogen) atoms. The zero-order valence-corrected chi connectivity index (χ0v) is 10.8. The van der Waals surface area contributed by atoms with Crippen LogP contribution in [0, 0.1) is 11.6 Å². The summed E-state index contributed by atoms with van der Waals surface area (Å²) in [7, 11) is 0. The van der Waals surface area contributed by atoms with Crippen molar-refractivity contribution in [2.24, 2.45) is 0 Å². The Morgan fingerprint density at radius 2 is 2.00 bits per heavy atom. The van der Waals surface area contributed by atoms with Crippen molar-refractivity contribution in [1.29, 1.82) is 0 Å². The average Bonchev–Trinajstić information content (AvgIpc) is 2.88. The van der Waals surface area contributed by atoms with Gasteiger partial charge in [-0.2, -0.15) is 0 Å². The highest BCUT2D eigenvalue weighted by Crippen LogP contribution is 2.15. The average molecular weight is 265 g/mol. The Kier molecular flexibility index (Phi) is 4.68. The van der Waals surface area contributed by atoms with E-state index in [1.807, 2.05) is 19.1 Å². The third kappa shape index (κ3) is 3.64. The van der Waals surface area contributed by atoms with Gasteiger partial charge < -0.3 is 9.73 Å². The van der Waals surface area contributed by atoms with Gasteiger partial charge in [0.25, 0.3) is 0 Å². The molecule has 0 saturated heterocycles. The fourth-order valence-corrected chi connectivity index (χ4v) is 2.15. The fourth-order valence-electron chi connectivity index (χ4n) is 2.15. The Balaban J connectivity index is 2.09. The molecule has 0 aliphatic heterocycles. The summed E-state index contributed by atoms with van der Waals surface area (Å²) in [6.45, 7) is 2.75. The van der Waals surface area contributed by atoms with Gasteiger partial charge in [0.15, 0.2) is 11.6 Å². The van der Waals surface area contributed by atoms with Crippen molar-refractivity contribution in [3.05, 3.63) is 59.6 Å². The van der Waals surface area contributed by atoms with E-state index in [1.54, 1.807) is 12.3 Å². The number of benzene rings is 1. The van der Waals surface area contributed by atoms with Gasteiger partial charge in [-0.05, 0) is 36.7 Å². The third-order valence-electron chi connectivity index (χ3n) is 3.02. The van der Waals surface area contributed by atoms with E-state index in [9.17, 15) is 8.78 Å². The Morgan fingerprint density at radius 3 is 2.68 bits per heavy atom. The molecular formula is C15H17F2NO. The van der Waals surface area contributed by atoms with E-state index in [2.05, 4.69) is 5.32 Å². The smallest absolute Gasteiger partial charge is 0.162 e. The minimum Gasteiger partial charge on any atom is -0.469 e. The van der Waals surface area contributed by atoms with Crippen molar-refractivity contribution in [3.63, 3.8) is 0 Å². The van der Waals surface area contributed by atoms with Crippen LogP contribution in [0.15, 0.2) is 41.0 Å². The van der Waals surface area contributed by atoms with Crippen LogP contribution in [0.5, 0.6) is 0 Å². The predicted octanol–water partition coefficient (Wildman–Crippen LogP) is 3.32. The van der Waals surface area contributed by atoms with Crippen LogP contribution < -0.4 is 5.32 Å². The van der Waals surface area contributed by atoms with Crippen LogP contribution in [0.25, 0.3) is 0 Å².